The molecular formula is C17H14O5. The highest BCUT2D eigenvalue weighted by atomic mass is 16.5. The summed E-state index contributed by atoms with van der Waals surface area (Å²) in [5.41, 5.74) is 1.46. The van der Waals surface area contributed by atoms with Crippen molar-refractivity contribution in [1.29, 1.82) is 0 Å². The van der Waals surface area contributed by atoms with E-state index in [1.807, 2.05) is 0 Å². The number of aliphatic hydroxyl groups excluding tert-OH is 1. The van der Waals surface area contributed by atoms with Gasteiger partial charge in [-0.15, -0.1) is 0 Å². The van der Waals surface area contributed by atoms with Crippen LogP contribution in [0.1, 0.15) is 37.4 Å². The van der Waals surface area contributed by atoms with Gasteiger partial charge in [0.1, 0.15) is 11.5 Å². The summed E-state index contributed by atoms with van der Waals surface area (Å²) in [4.78, 5) is 25.4. The fraction of sp³-hybridized carbons (Fsp3) is 0.176. The van der Waals surface area contributed by atoms with Gasteiger partial charge in [-0.3, -0.25) is 9.59 Å². The maximum absolute atomic E-state index is 12.7. The van der Waals surface area contributed by atoms with Crippen LogP contribution in [0, 0.1) is 0 Å². The first-order chi connectivity index (χ1) is 10.6. The summed E-state index contributed by atoms with van der Waals surface area (Å²) in [6.45, 7) is -0.358. The van der Waals surface area contributed by atoms with Crippen LogP contribution in [0.25, 0.3) is 0 Å². The zero-order valence-corrected chi connectivity index (χ0v) is 12.2. The summed E-state index contributed by atoms with van der Waals surface area (Å²) in [5.74, 6) is -0.0472. The second kappa shape index (κ2) is 5.27. The Kier molecular flexibility index (Phi) is 3.42. The number of ether oxygens (including phenoxy) is 2. The van der Waals surface area contributed by atoms with Crippen LogP contribution in [0.3, 0.4) is 0 Å². The molecule has 0 radical (unpaired) electrons. The number of carbonyl (C=O) groups excluding carboxylic acids is 2. The molecule has 1 aliphatic carbocycles. The van der Waals surface area contributed by atoms with Crippen LogP contribution in [0.4, 0.5) is 0 Å². The number of fused-ring (bicyclic) bond motifs is 2. The largest absolute Gasteiger partial charge is 0.496 e. The van der Waals surface area contributed by atoms with E-state index in [0.717, 1.165) is 0 Å². The summed E-state index contributed by atoms with van der Waals surface area (Å²) in [6, 6.07) is 8.14. The number of hydrogen-bond donors (Lipinski definition) is 1. The molecule has 0 fully saturated rings. The molecule has 0 atom stereocenters. The van der Waals surface area contributed by atoms with Crippen LogP contribution in [0.15, 0.2) is 30.3 Å². The van der Waals surface area contributed by atoms with Gasteiger partial charge in [0.15, 0.2) is 11.6 Å². The normalized spacial score (nSPS) is 12.7. The lowest BCUT2D eigenvalue weighted by atomic mass is 9.82. The number of rotatable bonds is 3. The standard InChI is InChI=1S/C17H14O5/c1-21-13-7-11-14(17(22-2)12(13)8-18)16(20)10-6-4-3-5-9(10)15(11)19/h3-7,18H,8H2,1-2H3. The Morgan fingerprint density at radius 3 is 2.14 bits per heavy atom. The smallest absolute Gasteiger partial charge is 0.198 e. The Morgan fingerprint density at radius 2 is 1.59 bits per heavy atom. The molecule has 3 rings (SSSR count). The Labute approximate surface area is 127 Å². The van der Waals surface area contributed by atoms with Crippen molar-refractivity contribution < 1.29 is 24.2 Å². The van der Waals surface area contributed by atoms with Gasteiger partial charge in [-0.25, -0.2) is 0 Å². The SMILES string of the molecule is COc1cc2c(c(OC)c1CO)C(=O)c1ccccc1C2=O. The van der Waals surface area contributed by atoms with E-state index in [4.69, 9.17) is 9.47 Å². The molecule has 1 aliphatic rings. The fourth-order valence-electron chi connectivity index (χ4n) is 2.80. The molecule has 22 heavy (non-hydrogen) atoms. The van der Waals surface area contributed by atoms with Crippen LogP contribution < -0.4 is 9.47 Å². The molecule has 0 saturated carbocycles. The van der Waals surface area contributed by atoms with Gasteiger partial charge in [0.25, 0.3) is 0 Å². The molecule has 112 valence electrons. The fourth-order valence-corrected chi connectivity index (χ4v) is 2.80. The van der Waals surface area contributed by atoms with E-state index in [9.17, 15) is 14.7 Å². The lowest BCUT2D eigenvalue weighted by Gasteiger charge is -2.22. The van der Waals surface area contributed by atoms with E-state index < -0.39 is 0 Å². The Morgan fingerprint density at radius 1 is 0.955 bits per heavy atom. The van der Waals surface area contributed by atoms with Gasteiger partial charge in [0, 0.05) is 16.7 Å². The van der Waals surface area contributed by atoms with E-state index in [1.165, 1.54) is 20.3 Å². The molecule has 5 heteroatoms. The number of hydrogen-bond acceptors (Lipinski definition) is 5. The minimum atomic E-state index is -0.358. The molecular weight excluding hydrogens is 284 g/mol. The van der Waals surface area contributed by atoms with Gasteiger partial charge >= 0.3 is 0 Å². The maximum Gasteiger partial charge on any atom is 0.198 e. The minimum absolute atomic E-state index is 0.177. The van der Waals surface area contributed by atoms with Crippen molar-refractivity contribution in [3.8, 4) is 11.5 Å². The minimum Gasteiger partial charge on any atom is -0.496 e. The van der Waals surface area contributed by atoms with Crippen molar-refractivity contribution in [1.82, 2.24) is 0 Å². The molecule has 0 bridgehead atoms. The Balaban J connectivity index is 2.37. The summed E-state index contributed by atoms with van der Waals surface area (Å²) in [5, 5.41) is 9.55. The van der Waals surface area contributed by atoms with Crippen molar-refractivity contribution in [2.75, 3.05) is 14.2 Å². The first-order valence-electron chi connectivity index (χ1n) is 6.71. The predicted octanol–water partition coefficient (Wildman–Crippen LogP) is 1.97. The third kappa shape index (κ3) is 1.83. The lowest BCUT2D eigenvalue weighted by molar-refractivity contribution is 0.0975. The Bertz CT molecular complexity index is 792. The Hall–Kier alpha value is -2.66. The molecule has 2 aromatic carbocycles. The number of benzene rings is 2. The highest BCUT2D eigenvalue weighted by Gasteiger charge is 2.34. The maximum atomic E-state index is 12.7. The molecule has 0 aromatic heterocycles. The van der Waals surface area contributed by atoms with Crippen molar-refractivity contribution >= 4 is 11.6 Å². The van der Waals surface area contributed by atoms with Crippen molar-refractivity contribution in [3.63, 3.8) is 0 Å². The lowest BCUT2D eigenvalue weighted by Crippen LogP contribution is -2.22. The molecule has 0 aliphatic heterocycles. The van der Waals surface area contributed by atoms with Crippen LogP contribution in [-0.2, 0) is 6.61 Å². The molecule has 1 N–H and O–H groups in total. The molecule has 0 unspecified atom stereocenters. The van der Waals surface area contributed by atoms with Crippen LogP contribution >= 0.6 is 0 Å². The van der Waals surface area contributed by atoms with Crippen molar-refractivity contribution in [3.05, 3.63) is 58.1 Å². The number of carbonyl (C=O) groups is 2. The first kappa shape index (κ1) is 14.3. The predicted molar refractivity (Wildman–Crippen MR) is 78.8 cm³/mol. The van der Waals surface area contributed by atoms with E-state index in [-0.39, 0.29) is 35.0 Å². The van der Waals surface area contributed by atoms with Crippen LogP contribution in [0.5, 0.6) is 11.5 Å². The molecule has 2 aromatic rings. The number of ketones is 2. The number of methoxy groups -OCH3 is 2. The zero-order valence-electron chi connectivity index (χ0n) is 12.2. The monoisotopic (exact) mass is 298 g/mol. The third-order valence-corrected chi connectivity index (χ3v) is 3.81. The topological polar surface area (TPSA) is 72.8 Å². The van der Waals surface area contributed by atoms with E-state index in [1.54, 1.807) is 24.3 Å². The quantitative estimate of drug-likeness (QED) is 0.800. The second-order valence-electron chi connectivity index (χ2n) is 4.88. The van der Waals surface area contributed by atoms with Gasteiger partial charge in [0.2, 0.25) is 0 Å². The van der Waals surface area contributed by atoms with Gasteiger partial charge in [0.05, 0.1) is 32.0 Å². The molecule has 5 nitrogen and oxygen atoms in total. The van der Waals surface area contributed by atoms with Crippen LogP contribution in [-0.4, -0.2) is 30.9 Å². The van der Waals surface area contributed by atoms with Gasteiger partial charge in [-0.05, 0) is 6.07 Å². The highest BCUT2D eigenvalue weighted by molar-refractivity contribution is 6.29. The number of aliphatic hydroxyl groups is 1. The zero-order chi connectivity index (χ0) is 15.9. The summed E-state index contributed by atoms with van der Waals surface area (Å²) in [6.07, 6.45) is 0. The van der Waals surface area contributed by atoms with E-state index >= 15 is 0 Å². The first-order valence-corrected chi connectivity index (χ1v) is 6.71. The van der Waals surface area contributed by atoms with Crippen molar-refractivity contribution in [2.45, 2.75) is 6.61 Å². The molecule has 0 saturated heterocycles. The average Bonchev–Trinajstić information content (AvgIpc) is 2.57. The van der Waals surface area contributed by atoms with Gasteiger partial charge < -0.3 is 14.6 Å². The van der Waals surface area contributed by atoms with Crippen LogP contribution in [0.2, 0.25) is 0 Å². The van der Waals surface area contributed by atoms with Gasteiger partial charge in [-0.1, -0.05) is 24.3 Å². The highest BCUT2D eigenvalue weighted by Crippen LogP contribution is 2.40. The molecule has 0 heterocycles. The third-order valence-electron chi connectivity index (χ3n) is 3.81. The average molecular weight is 298 g/mol. The van der Waals surface area contributed by atoms with Gasteiger partial charge in [-0.2, -0.15) is 0 Å². The summed E-state index contributed by atoms with van der Waals surface area (Å²) < 4.78 is 10.5. The summed E-state index contributed by atoms with van der Waals surface area (Å²) >= 11 is 0. The van der Waals surface area contributed by atoms with Crippen molar-refractivity contribution in [2.24, 2.45) is 0 Å². The second-order valence-corrected chi connectivity index (χ2v) is 4.88. The van der Waals surface area contributed by atoms with E-state index in [2.05, 4.69) is 0 Å². The molecule has 0 spiro atoms. The van der Waals surface area contributed by atoms with E-state index in [0.29, 0.717) is 22.4 Å². The summed E-state index contributed by atoms with van der Waals surface area (Å²) in [7, 11) is 2.83. The molecule has 0 amide bonds.